The van der Waals surface area contributed by atoms with E-state index in [-0.39, 0.29) is 11.3 Å². The van der Waals surface area contributed by atoms with Crippen LogP contribution in [0.15, 0.2) is 21.9 Å². The molecule has 0 bridgehead atoms. The third-order valence-corrected chi connectivity index (χ3v) is 3.37. The van der Waals surface area contributed by atoms with Crippen LogP contribution < -0.4 is 11.2 Å². The minimum absolute atomic E-state index is 0.146. The predicted octanol–water partition coefficient (Wildman–Crippen LogP) is -0.249. The second kappa shape index (κ2) is 5.81. The molecule has 1 aromatic heterocycles. The van der Waals surface area contributed by atoms with Gasteiger partial charge in [0.1, 0.15) is 9.84 Å². The average Bonchev–Trinajstić information content (AvgIpc) is 2.20. The van der Waals surface area contributed by atoms with E-state index in [0.717, 1.165) is 4.57 Å². The summed E-state index contributed by atoms with van der Waals surface area (Å²) in [6.07, 6.45) is 4.35. The monoisotopic (exact) mass is 260 g/mol. The van der Waals surface area contributed by atoms with E-state index in [1.807, 2.05) is 0 Å². The van der Waals surface area contributed by atoms with Gasteiger partial charge in [0.2, 0.25) is 0 Å². The average molecular weight is 260 g/mol. The first kappa shape index (κ1) is 13.7. The molecule has 6 nitrogen and oxygen atoms in total. The van der Waals surface area contributed by atoms with Gasteiger partial charge in [0.25, 0.3) is 5.56 Å². The fourth-order valence-electron chi connectivity index (χ4n) is 1.47. The van der Waals surface area contributed by atoms with Gasteiger partial charge in [-0.1, -0.05) is 6.42 Å². The summed E-state index contributed by atoms with van der Waals surface area (Å²) in [6, 6.07) is 1.29. The summed E-state index contributed by atoms with van der Waals surface area (Å²) in [5.41, 5.74) is -0.766. The maximum Gasteiger partial charge on any atom is 0.328 e. The lowest BCUT2D eigenvalue weighted by atomic mass is 10.2. The lowest BCUT2D eigenvalue weighted by Crippen LogP contribution is -2.33. The van der Waals surface area contributed by atoms with Crippen LogP contribution in [-0.4, -0.2) is 30.0 Å². The van der Waals surface area contributed by atoms with Crippen molar-refractivity contribution in [1.29, 1.82) is 0 Å². The molecule has 0 amide bonds. The first-order chi connectivity index (χ1) is 7.90. The van der Waals surface area contributed by atoms with E-state index < -0.39 is 15.5 Å². The highest BCUT2D eigenvalue weighted by Crippen LogP contribution is 1.99. The second-order valence-electron chi connectivity index (χ2n) is 3.96. The zero-order chi connectivity index (χ0) is 12.9. The van der Waals surface area contributed by atoms with Gasteiger partial charge in [-0.25, -0.2) is 13.2 Å². The zero-order valence-corrected chi connectivity index (χ0v) is 10.5. The van der Waals surface area contributed by atoms with Crippen LogP contribution in [0.4, 0.5) is 0 Å². The summed E-state index contributed by atoms with van der Waals surface area (Å²) in [5, 5.41) is 0. The van der Waals surface area contributed by atoms with Gasteiger partial charge < -0.3 is 4.98 Å². The number of nitrogens with one attached hydrogen (secondary N) is 1. The van der Waals surface area contributed by atoms with Crippen LogP contribution in [0.5, 0.6) is 0 Å². The number of nitrogens with zero attached hydrogens (tertiary/aromatic N) is 1. The van der Waals surface area contributed by atoms with E-state index in [2.05, 4.69) is 4.98 Å². The molecule has 0 unspecified atom stereocenters. The van der Waals surface area contributed by atoms with Crippen molar-refractivity contribution in [3.63, 3.8) is 0 Å². The third-order valence-electron chi connectivity index (χ3n) is 2.34. The SMILES string of the molecule is CS(=O)(=O)CCCCCn1c(=O)cc[nH]c1=O. The Morgan fingerprint density at radius 1 is 1.24 bits per heavy atom. The molecule has 96 valence electrons. The Kier molecular flexibility index (Phi) is 4.68. The molecule has 0 aliphatic rings. The van der Waals surface area contributed by atoms with Gasteiger partial charge in [-0.2, -0.15) is 0 Å². The molecule has 1 N–H and O–H groups in total. The summed E-state index contributed by atoms with van der Waals surface area (Å²) in [4.78, 5) is 25.0. The Morgan fingerprint density at radius 3 is 2.53 bits per heavy atom. The lowest BCUT2D eigenvalue weighted by molar-refractivity contribution is 0.557. The first-order valence-electron chi connectivity index (χ1n) is 5.36. The Labute approximate surface area is 99.2 Å². The molecular weight excluding hydrogens is 244 g/mol. The van der Waals surface area contributed by atoms with Crippen LogP contribution in [-0.2, 0) is 16.4 Å². The molecular formula is C10H16N2O4S. The zero-order valence-electron chi connectivity index (χ0n) is 9.68. The van der Waals surface area contributed by atoms with Gasteiger partial charge in [0.15, 0.2) is 0 Å². The smallest absolute Gasteiger partial charge is 0.314 e. The van der Waals surface area contributed by atoms with Gasteiger partial charge >= 0.3 is 5.69 Å². The Balaban J connectivity index is 2.42. The number of H-pyrrole nitrogens is 1. The molecule has 0 aliphatic heterocycles. The van der Waals surface area contributed by atoms with E-state index in [9.17, 15) is 18.0 Å². The van der Waals surface area contributed by atoms with Crippen molar-refractivity contribution in [2.75, 3.05) is 12.0 Å². The lowest BCUT2D eigenvalue weighted by Gasteiger charge is -2.03. The Morgan fingerprint density at radius 2 is 1.94 bits per heavy atom. The van der Waals surface area contributed by atoms with Crippen LogP contribution in [0.1, 0.15) is 19.3 Å². The van der Waals surface area contributed by atoms with Crippen molar-refractivity contribution >= 4 is 9.84 Å². The fourth-order valence-corrected chi connectivity index (χ4v) is 2.20. The van der Waals surface area contributed by atoms with Gasteiger partial charge in [-0.05, 0) is 12.8 Å². The summed E-state index contributed by atoms with van der Waals surface area (Å²) in [6.45, 7) is 0.318. The Bertz CT molecular complexity index is 542. The summed E-state index contributed by atoms with van der Waals surface area (Å²) in [5.74, 6) is 0.146. The topological polar surface area (TPSA) is 89.0 Å². The number of unbranched alkanes of at least 4 members (excludes halogenated alkanes) is 2. The minimum atomic E-state index is -2.92. The highest BCUT2D eigenvalue weighted by Gasteiger charge is 2.02. The largest absolute Gasteiger partial charge is 0.328 e. The molecule has 1 heterocycles. The van der Waals surface area contributed by atoms with Crippen molar-refractivity contribution in [2.24, 2.45) is 0 Å². The molecule has 0 atom stereocenters. The molecule has 0 radical (unpaired) electrons. The molecule has 1 rings (SSSR count). The number of rotatable bonds is 6. The number of hydrogen-bond acceptors (Lipinski definition) is 4. The van der Waals surface area contributed by atoms with Crippen molar-refractivity contribution in [2.45, 2.75) is 25.8 Å². The highest BCUT2D eigenvalue weighted by atomic mass is 32.2. The molecule has 0 saturated carbocycles. The normalized spacial score (nSPS) is 11.6. The molecule has 17 heavy (non-hydrogen) atoms. The highest BCUT2D eigenvalue weighted by molar-refractivity contribution is 7.90. The molecule has 0 fully saturated rings. The summed E-state index contributed by atoms with van der Waals surface area (Å²) >= 11 is 0. The number of sulfone groups is 1. The quantitative estimate of drug-likeness (QED) is 0.714. The van der Waals surface area contributed by atoms with Crippen LogP contribution in [0.3, 0.4) is 0 Å². The van der Waals surface area contributed by atoms with E-state index in [0.29, 0.717) is 25.8 Å². The van der Waals surface area contributed by atoms with Crippen molar-refractivity contribution in [3.8, 4) is 0 Å². The van der Waals surface area contributed by atoms with Crippen molar-refractivity contribution in [3.05, 3.63) is 33.1 Å². The van der Waals surface area contributed by atoms with Gasteiger partial charge in [0, 0.05) is 30.8 Å². The van der Waals surface area contributed by atoms with Crippen LogP contribution in [0.25, 0.3) is 0 Å². The van der Waals surface area contributed by atoms with Crippen molar-refractivity contribution in [1.82, 2.24) is 9.55 Å². The maximum atomic E-state index is 11.3. The maximum absolute atomic E-state index is 11.3. The summed E-state index contributed by atoms with van der Waals surface area (Å²) in [7, 11) is -2.92. The number of aromatic nitrogens is 2. The predicted molar refractivity (Wildman–Crippen MR) is 64.9 cm³/mol. The van der Waals surface area contributed by atoms with Gasteiger partial charge in [-0.15, -0.1) is 0 Å². The number of hydrogen-bond donors (Lipinski definition) is 1. The fraction of sp³-hybridized carbons (Fsp3) is 0.600. The summed E-state index contributed by atoms with van der Waals surface area (Å²) < 4.78 is 22.8. The number of aromatic amines is 1. The molecule has 1 aromatic rings. The van der Waals surface area contributed by atoms with E-state index in [1.54, 1.807) is 0 Å². The van der Waals surface area contributed by atoms with E-state index in [1.165, 1.54) is 18.5 Å². The second-order valence-corrected chi connectivity index (χ2v) is 6.22. The molecule has 0 aliphatic carbocycles. The Hall–Kier alpha value is -1.37. The van der Waals surface area contributed by atoms with Crippen LogP contribution in [0.2, 0.25) is 0 Å². The third kappa shape index (κ3) is 4.99. The van der Waals surface area contributed by atoms with Crippen LogP contribution >= 0.6 is 0 Å². The van der Waals surface area contributed by atoms with Crippen molar-refractivity contribution < 1.29 is 8.42 Å². The molecule has 7 heteroatoms. The molecule has 0 aromatic carbocycles. The van der Waals surface area contributed by atoms with Crippen LogP contribution in [0, 0.1) is 0 Å². The standard InChI is InChI=1S/C10H16N2O4S/c1-17(15,16)8-4-2-3-7-12-9(13)5-6-11-10(12)14/h5-6H,2-4,7-8H2,1H3,(H,11,14). The molecule has 0 spiro atoms. The minimum Gasteiger partial charge on any atom is -0.314 e. The first-order valence-corrected chi connectivity index (χ1v) is 7.42. The molecule has 0 saturated heterocycles. The van der Waals surface area contributed by atoms with E-state index in [4.69, 9.17) is 0 Å². The van der Waals surface area contributed by atoms with Gasteiger partial charge in [0.05, 0.1) is 0 Å². The van der Waals surface area contributed by atoms with Gasteiger partial charge in [-0.3, -0.25) is 9.36 Å². The van der Waals surface area contributed by atoms with E-state index >= 15 is 0 Å².